The van der Waals surface area contributed by atoms with Gasteiger partial charge in [-0.05, 0) is 18.6 Å². The maximum Gasteiger partial charge on any atom is 0.275 e. The molecule has 1 amide bonds. The predicted molar refractivity (Wildman–Crippen MR) is 80.7 cm³/mol. The molecule has 0 saturated carbocycles. The molecule has 1 N–H and O–H groups in total. The van der Waals surface area contributed by atoms with Crippen molar-refractivity contribution in [3.05, 3.63) is 60.0 Å². The Balaban J connectivity index is 1.88. The van der Waals surface area contributed by atoms with Crippen LogP contribution in [0, 0.1) is 0 Å². The van der Waals surface area contributed by atoms with Crippen LogP contribution in [-0.2, 0) is 6.54 Å². The number of hydrogen-bond acceptors (Lipinski definition) is 3. The molecule has 0 bridgehead atoms. The maximum atomic E-state index is 12.7. The highest BCUT2D eigenvalue weighted by molar-refractivity contribution is 6.04. The Hall–Kier alpha value is -2.69. The van der Waals surface area contributed by atoms with Crippen molar-refractivity contribution in [1.82, 2.24) is 20.1 Å². The van der Waals surface area contributed by atoms with E-state index in [0.717, 1.165) is 16.5 Å². The number of fused-ring (bicyclic) bond motifs is 1. The average Bonchev–Trinajstić information content (AvgIpc) is 2.97. The molecule has 3 rings (SSSR count). The van der Waals surface area contributed by atoms with Crippen LogP contribution in [0.5, 0.6) is 0 Å². The van der Waals surface area contributed by atoms with Crippen LogP contribution in [0.3, 0.4) is 0 Å². The Labute approximate surface area is 122 Å². The number of benzene rings is 1. The number of nitrogens with one attached hydrogen (secondary N) is 1. The fourth-order valence-corrected chi connectivity index (χ4v) is 2.30. The van der Waals surface area contributed by atoms with Gasteiger partial charge in [-0.15, -0.1) is 0 Å². The normalized spacial score (nSPS) is 10.7. The summed E-state index contributed by atoms with van der Waals surface area (Å²) in [6, 6.07) is 11.8. The molecule has 5 nitrogen and oxygen atoms in total. The van der Waals surface area contributed by atoms with E-state index in [1.54, 1.807) is 17.3 Å². The molecule has 2 heterocycles. The smallest absolute Gasteiger partial charge is 0.275 e. The zero-order chi connectivity index (χ0) is 14.7. The molecule has 0 atom stereocenters. The lowest BCUT2D eigenvalue weighted by molar-refractivity contribution is 0.0748. The van der Waals surface area contributed by atoms with Crippen LogP contribution in [0.15, 0.2) is 48.8 Å². The third-order valence-corrected chi connectivity index (χ3v) is 3.45. The number of H-pyrrole nitrogens is 1. The summed E-state index contributed by atoms with van der Waals surface area (Å²) in [4.78, 5) is 18.5. The van der Waals surface area contributed by atoms with E-state index in [1.807, 2.05) is 43.3 Å². The summed E-state index contributed by atoms with van der Waals surface area (Å²) in [6.45, 7) is 3.17. The summed E-state index contributed by atoms with van der Waals surface area (Å²) in [5.41, 5.74) is 2.35. The Morgan fingerprint density at radius 3 is 2.81 bits per heavy atom. The highest BCUT2D eigenvalue weighted by Gasteiger charge is 2.20. The van der Waals surface area contributed by atoms with Gasteiger partial charge in [0.15, 0.2) is 5.69 Å². The zero-order valence-corrected chi connectivity index (χ0v) is 11.8. The molecule has 0 fully saturated rings. The second kappa shape index (κ2) is 5.75. The van der Waals surface area contributed by atoms with Gasteiger partial charge in [0, 0.05) is 25.5 Å². The van der Waals surface area contributed by atoms with Gasteiger partial charge in [-0.1, -0.05) is 30.3 Å². The van der Waals surface area contributed by atoms with E-state index in [9.17, 15) is 4.79 Å². The lowest BCUT2D eigenvalue weighted by Gasteiger charge is -2.20. The van der Waals surface area contributed by atoms with Crippen LogP contribution < -0.4 is 0 Å². The van der Waals surface area contributed by atoms with Gasteiger partial charge in [-0.25, -0.2) is 0 Å². The van der Waals surface area contributed by atoms with Crippen molar-refractivity contribution >= 4 is 16.8 Å². The molecular formula is C16H16N4O. The number of aromatic nitrogens is 3. The van der Waals surface area contributed by atoms with Crippen molar-refractivity contribution in [1.29, 1.82) is 0 Å². The second-order valence-corrected chi connectivity index (χ2v) is 4.80. The lowest BCUT2D eigenvalue weighted by atomic mass is 10.2. The van der Waals surface area contributed by atoms with Gasteiger partial charge < -0.3 is 4.90 Å². The molecule has 0 unspecified atom stereocenters. The summed E-state index contributed by atoms with van der Waals surface area (Å²) in [7, 11) is 0. The molecule has 0 aliphatic carbocycles. The fraction of sp³-hybridized carbons (Fsp3) is 0.188. The molecule has 2 aromatic heterocycles. The number of carbonyl (C=O) groups is 1. The van der Waals surface area contributed by atoms with Gasteiger partial charge in [0.05, 0.1) is 10.9 Å². The van der Waals surface area contributed by atoms with E-state index in [-0.39, 0.29) is 5.91 Å². The van der Waals surface area contributed by atoms with Gasteiger partial charge in [0.25, 0.3) is 5.91 Å². The Morgan fingerprint density at radius 2 is 2.05 bits per heavy atom. The third-order valence-electron chi connectivity index (χ3n) is 3.45. The Kier molecular flexibility index (Phi) is 3.64. The maximum absolute atomic E-state index is 12.7. The molecule has 0 saturated heterocycles. The van der Waals surface area contributed by atoms with Crippen LogP contribution in [-0.4, -0.2) is 32.5 Å². The molecular weight excluding hydrogens is 264 g/mol. The number of amides is 1. The first-order chi connectivity index (χ1) is 10.3. The first kappa shape index (κ1) is 13.3. The molecule has 3 aromatic rings. The molecule has 0 radical (unpaired) electrons. The largest absolute Gasteiger partial charge is 0.333 e. The number of rotatable bonds is 4. The number of hydrogen-bond donors (Lipinski definition) is 1. The minimum atomic E-state index is -0.0828. The highest BCUT2D eigenvalue weighted by Crippen LogP contribution is 2.17. The van der Waals surface area contributed by atoms with Crippen LogP contribution in [0.1, 0.15) is 23.0 Å². The average molecular weight is 280 g/mol. The predicted octanol–water partition coefficient (Wildman–Crippen LogP) is 2.62. The summed E-state index contributed by atoms with van der Waals surface area (Å²) in [5.74, 6) is -0.0828. The molecule has 0 aliphatic heterocycles. The van der Waals surface area contributed by atoms with E-state index in [0.29, 0.717) is 18.8 Å². The Bertz CT molecular complexity index is 751. The van der Waals surface area contributed by atoms with E-state index in [1.165, 1.54) is 0 Å². The van der Waals surface area contributed by atoms with E-state index in [4.69, 9.17) is 0 Å². The standard InChI is InChI=1S/C16H16N4O/c1-2-20(11-12-6-4-3-5-7-12)16(21)15-13-10-17-9-8-14(13)18-19-15/h3-10H,2,11H2,1H3,(H,18,19). The van der Waals surface area contributed by atoms with Gasteiger partial charge in [0.1, 0.15) is 0 Å². The van der Waals surface area contributed by atoms with Crippen LogP contribution in [0.4, 0.5) is 0 Å². The number of carbonyl (C=O) groups excluding carboxylic acids is 1. The van der Waals surface area contributed by atoms with Crippen LogP contribution in [0.2, 0.25) is 0 Å². The Morgan fingerprint density at radius 1 is 1.24 bits per heavy atom. The van der Waals surface area contributed by atoms with Gasteiger partial charge in [0.2, 0.25) is 0 Å². The van der Waals surface area contributed by atoms with Crippen LogP contribution in [0.25, 0.3) is 10.9 Å². The van der Waals surface area contributed by atoms with E-state index in [2.05, 4.69) is 15.2 Å². The molecule has 21 heavy (non-hydrogen) atoms. The molecule has 0 aliphatic rings. The topological polar surface area (TPSA) is 61.9 Å². The minimum Gasteiger partial charge on any atom is -0.333 e. The van der Waals surface area contributed by atoms with E-state index < -0.39 is 0 Å². The van der Waals surface area contributed by atoms with Crippen molar-refractivity contribution in [2.45, 2.75) is 13.5 Å². The van der Waals surface area contributed by atoms with Crippen molar-refractivity contribution in [3.63, 3.8) is 0 Å². The number of aromatic amines is 1. The van der Waals surface area contributed by atoms with Crippen molar-refractivity contribution < 1.29 is 4.79 Å². The van der Waals surface area contributed by atoms with Crippen molar-refractivity contribution in [3.8, 4) is 0 Å². The zero-order valence-electron chi connectivity index (χ0n) is 11.8. The summed E-state index contributed by atoms with van der Waals surface area (Å²) in [6.07, 6.45) is 3.35. The van der Waals surface area contributed by atoms with Gasteiger partial charge >= 0.3 is 0 Å². The summed E-state index contributed by atoms with van der Waals surface area (Å²) < 4.78 is 0. The van der Waals surface area contributed by atoms with Crippen LogP contribution >= 0.6 is 0 Å². The minimum absolute atomic E-state index is 0.0828. The molecule has 1 aromatic carbocycles. The van der Waals surface area contributed by atoms with Crippen molar-refractivity contribution in [2.75, 3.05) is 6.54 Å². The lowest BCUT2D eigenvalue weighted by Crippen LogP contribution is -2.30. The SMILES string of the molecule is CCN(Cc1ccccc1)C(=O)c1n[nH]c2ccncc12. The number of nitrogens with zero attached hydrogens (tertiary/aromatic N) is 3. The van der Waals surface area contributed by atoms with Gasteiger partial charge in [-0.2, -0.15) is 5.10 Å². The quantitative estimate of drug-likeness (QED) is 0.799. The monoisotopic (exact) mass is 280 g/mol. The third kappa shape index (κ3) is 2.63. The second-order valence-electron chi connectivity index (χ2n) is 4.80. The summed E-state index contributed by atoms with van der Waals surface area (Å²) in [5, 5.41) is 7.78. The first-order valence-electron chi connectivity index (χ1n) is 6.91. The van der Waals surface area contributed by atoms with E-state index >= 15 is 0 Å². The first-order valence-corrected chi connectivity index (χ1v) is 6.91. The fourth-order valence-electron chi connectivity index (χ4n) is 2.30. The molecule has 106 valence electrons. The van der Waals surface area contributed by atoms with Crippen molar-refractivity contribution in [2.24, 2.45) is 0 Å². The number of pyridine rings is 1. The molecule has 0 spiro atoms. The molecule has 5 heteroatoms. The van der Waals surface area contributed by atoms with Gasteiger partial charge in [-0.3, -0.25) is 14.9 Å². The summed E-state index contributed by atoms with van der Waals surface area (Å²) >= 11 is 0. The highest BCUT2D eigenvalue weighted by atomic mass is 16.2.